The highest BCUT2D eigenvalue weighted by molar-refractivity contribution is 7.47. The van der Waals surface area contributed by atoms with Crippen molar-refractivity contribution in [3.63, 3.8) is 0 Å². The standard InChI is InChI=1S/C35H45O5P/c1-34(2)30(28(18-14-24-38-5)26-16-10-12-22-32(26)34)20-8-7-9-21-31-29(19-15-25-40-41(36,37)39-6)27-17-11-13-23-33(27)35(31,3)4/h7-13,16-17,20-23,29H,14-15,18-19,24-25H2,1-6H3,(H,36,37)/b9-7+,20-8+,31-21-. The van der Waals surface area contributed by atoms with Crippen LogP contribution in [0.2, 0.25) is 0 Å². The van der Waals surface area contributed by atoms with Gasteiger partial charge in [0.05, 0.1) is 6.61 Å². The van der Waals surface area contributed by atoms with Crippen molar-refractivity contribution in [2.24, 2.45) is 0 Å². The van der Waals surface area contributed by atoms with Gasteiger partial charge in [0.25, 0.3) is 0 Å². The van der Waals surface area contributed by atoms with Crippen molar-refractivity contribution < 1.29 is 23.2 Å². The average molecular weight is 577 g/mol. The van der Waals surface area contributed by atoms with Gasteiger partial charge in [0.15, 0.2) is 0 Å². The number of hydrogen-bond acceptors (Lipinski definition) is 4. The van der Waals surface area contributed by atoms with Crippen molar-refractivity contribution in [3.05, 3.63) is 112 Å². The molecule has 2 aromatic carbocycles. The van der Waals surface area contributed by atoms with E-state index in [0.29, 0.717) is 6.42 Å². The number of phosphoric acid groups is 1. The Kier molecular flexibility index (Phi) is 10.1. The molecule has 41 heavy (non-hydrogen) atoms. The quantitative estimate of drug-likeness (QED) is 0.147. The van der Waals surface area contributed by atoms with Gasteiger partial charge in [-0.1, -0.05) is 112 Å². The summed E-state index contributed by atoms with van der Waals surface area (Å²) in [6.07, 6.45) is 14.4. The van der Waals surface area contributed by atoms with Gasteiger partial charge in [-0.15, -0.1) is 0 Å². The fraction of sp³-hybridized carbons (Fsp3) is 0.429. The van der Waals surface area contributed by atoms with Crippen molar-refractivity contribution in [2.75, 3.05) is 27.4 Å². The van der Waals surface area contributed by atoms with Gasteiger partial charge in [0, 0.05) is 37.6 Å². The van der Waals surface area contributed by atoms with Gasteiger partial charge in [0.2, 0.25) is 0 Å². The first-order valence-electron chi connectivity index (χ1n) is 14.5. The summed E-state index contributed by atoms with van der Waals surface area (Å²) in [7, 11) is -1.01. The van der Waals surface area contributed by atoms with Crippen LogP contribution in [0.1, 0.15) is 81.5 Å². The number of allylic oxidation sites excluding steroid dienone is 8. The van der Waals surface area contributed by atoms with Gasteiger partial charge in [-0.3, -0.25) is 9.05 Å². The maximum atomic E-state index is 11.7. The fourth-order valence-electron chi connectivity index (χ4n) is 6.59. The zero-order valence-electron chi connectivity index (χ0n) is 25.4. The second kappa shape index (κ2) is 13.2. The summed E-state index contributed by atoms with van der Waals surface area (Å²) in [5.74, 6) is 0.220. The summed E-state index contributed by atoms with van der Waals surface area (Å²) in [4.78, 5) is 9.58. The maximum Gasteiger partial charge on any atom is 0.471 e. The lowest BCUT2D eigenvalue weighted by Crippen LogP contribution is -2.16. The number of rotatable bonds is 13. The second-order valence-electron chi connectivity index (χ2n) is 11.9. The minimum Gasteiger partial charge on any atom is -0.385 e. The molecule has 2 atom stereocenters. The van der Waals surface area contributed by atoms with E-state index in [-0.39, 0.29) is 23.4 Å². The predicted molar refractivity (Wildman–Crippen MR) is 168 cm³/mol. The third-order valence-electron chi connectivity index (χ3n) is 8.69. The number of phosphoric ester groups is 1. The van der Waals surface area contributed by atoms with Crippen LogP contribution in [-0.4, -0.2) is 32.3 Å². The van der Waals surface area contributed by atoms with E-state index >= 15 is 0 Å². The van der Waals surface area contributed by atoms with Crippen LogP contribution in [0.3, 0.4) is 0 Å². The lowest BCUT2D eigenvalue weighted by molar-refractivity contribution is 0.170. The third-order valence-corrected chi connectivity index (χ3v) is 9.66. The third kappa shape index (κ3) is 6.77. The maximum absolute atomic E-state index is 11.7. The molecular formula is C35H45O5P. The first-order chi connectivity index (χ1) is 19.5. The average Bonchev–Trinajstić information content (AvgIpc) is 3.30. The van der Waals surface area contributed by atoms with Gasteiger partial charge in [0.1, 0.15) is 0 Å². The Bertz CT molecular complexity index is 1390. The summed E-state index contributed by atoms with van der Waals surface area (Å²) >= 11 is 0. The fourth-order valence-corrected chi connectivity index (χ4v) is 7.05. The number of benzene rings is 2. The molecule has 0 bridgehead atoms. The zero-order valence-corrected chi connectivity index (χ0v) is 26.2. The molecule has 6 heteroatoms. The van der Waals surface area contributed by atoms with Crippen LogP contribution in [-0.2, 0) is 29.2 Å². The Morgan fingerprint density at radius 3 is 2.32 bits per heavy atom. The van der Waals surface area contributed by atoms with Gasteiger partial charge in [-0.05, 0) is 59.1 Å². The molecule has 0 fully saturated rings. The van der Waals surface area contributed by atoms with Crippen LogP contribution < -0.4 is 0 Å². The molecule has 0 radical (unpaired) electrons. The summed E-state index contributed by atoms with van der Waals surface area (Å²) in [5.41, 5.74) is 9.38. The number of fused-ring (bicyclic) bond motifs is 2. The Balaban J connectivity index is 1.56. The van der Waals surface area contributed by atoms with E-state index < -0.39 is 7.82 Å². The Morgan fingerprint density at radius 2 is 1.59 bits per heavy atom. The van der Waals surface area contributed by atoms with Crippen molar-refractivity contribution in [2.45, 2.75) is 70.1 Å². The van der Waals surface area contributed by atoms with Crippen LogP contribution in [0.4, 0.5) is 0 Å². The van der Waals surface area contributed by atoms with Crippen molar-refractivity contribution >= 4 is 13.4 Å². The van der Waals surface area contributed by atoms with Gasteiger partial charge in [-0.2, -0.15) is 0 Å². The molecule has 2 aliphatic rings. The number of ether oxygens (including phenoxy) is 1. The summed E-state index contributed by atoms with van der Waals surface area (Å²) in [6.45, 7) is 10.1. The predicted octanol–water partition coefficient (Wildman–Crippen LogP) is 8.82. The Hall–Kier alpha value is -2.53. The first kappa shape index (κ1) is 31.4. The molecule has 0 aliphatic heterocycles. The number of methoxy groups -OCH3 is 1. The van der Waals surface area contributed by atoms with E-state index in [1.807, 2.05) is 0 Å². The highest BCUT2D eigenvalue weighted by Gasteiger charge is 2.40. The molecule has 2 aliphatic carbocycles. The molecule has 4 rings (SSSR count). The Labute approximate surface area is 246 Å². The number of hydrogen-bond donors (Lipinski definition) is 1. The molecule has 0 spiro atoms. The van der Waals surface area contributed by atoms with Crippen LogP contribution in [0.5, 0.6) is 0 Å². The van der Waals surface area contributed by atoms with E-state index in [2.05, 4.69) is 111 Å². The highest BCUT2D eigenvalue weighted by Crippen LogP contribution is 2.52. The topological polar surface area (TPSA) is 65.0 Å². The molecule has 220 valence electrons. The first-order valence-corrected chi connectivity index (χ1v) is 16.0. The largest absolute Gasteiger partial charge is 0.471 e. The molecule has 2 aromatic rings. The van der Waals surface area contributed by atoms with Gasteiger partial charge in [-0.25, -0.2) is 4.57 Å². The van der Waals surface area contributed by atoms with Crippen LogP contribution in [0.15, 0.2) is 90.1 Å². The second-order valence-corrected chi connectivity index (χ2v) is 13.5. The molecule has 0 saturated heterocycles. The van der Waals surface area contributed by atoms with Crippen molar-refractivity contribution in [3.8, 4) is 0 Å². The molecule has 5 nitrogen and oxygen atoms in total. The van der Waals surface area contributed by atoms with E-state index in [9.17, 15) is 9.46 Å². The zero-order chi connectivity index (χ0) is 29.7. The molecule has 2 unspecified atom stereocenters. The smallest absolute Gasteiger partial charge is 0.385 e. The summed E-state index contributed by atoms with van der Waals surface area (Å²) < 4.78 is 26.7. The van der Waals surface area contributed by atoms with E-state index in [1.165, 1.54) is 46.1 Å². The molecule has 0 heterocycles. The molecule has 1 N–H and O–H groups in total. The lowest BCUT2D eigenvalue weighted by Gasteiger charge is -2.24. The minimum absolute atomic E-state index is 0.0502. The summed E-state index contributed by atoms with van der Waals surface area (Å²) in [5, 5.41) is 0. The van der Waals surface area contributed by atoms with Crippen molar-refractivity contribution in [1.29, 1.82) is 0 Å². The van der Waals surface area contributed by atoms with Crippen LogP contribution >= 0.6 is 7.82 Å². The van der Waals surface area contributed by atoms with Gasteiger partial charge < -0.3 is 9.63 Å². The lowest BCUT2D eigenvalue weighted by atomic mass is 9.80. The minimum atomic E-state index is -3.96. The molecule has 0 saturated carbocycles. The SMILES string of the molecule is COCCCC1=C(/C=C/C=C/C=C2/C(CCCOP(=O)(O)OC)c3ccccc3C2(C)C)C(C)(C)c2ccccc21. The van der Waals surface area contributed by atoms with Gasteiger partial charge >= 0.3 is 7.82 Å². The van der Waals surface area contributed by atoms with Crippen LogP contribution in [0.25, 0.3) is 5.57 Å². The highest BCUT2D eigenvalue weighted by atomic mass is 31.2. The molecular weight excluding hydrogens is 531 g/mol. The van der Waals surface area contributed by atoms with E-state index in [0.717, 1.165) is 25.9 Å². The molecule has 0 amide bonds. The van der Waals surface area contributed by atoms with Crippen LogP contribution in [0, 0.1) is 0 Å². The molecule has 0 aromatic heterocycles. The Morgan fingerprint density at radius 1 is 0.878 bits per heavy atom. The monoisotopic (exact) mass is 576 g/mol. The summed E-state index contributed by atoms with van der Waals surface area (Å²) in [6, 6.07) is 17.4. The van der Waals surface area contributed by atoms with E-state index in [1.54, 1.807) is 7.11 Å². The normalized spacial score (nSPS) is 21.6. The van der Waals surface area contributed by atoms with E-state index in [4.69, 9.17) is 9.26 Å². The van der Waals surface area contributed by atoms with Crippen molar-refractivity contribution in [1.82, 2.24) is 0 Å².